The lowest BCUT2D eigenvalue weighted by Crippen LogP contribution is -2.52. The van der Waals surface area contributed by atoms with Crippen LogP contribution in [0.25, 0.3) is 17.0 Å². The summed E-state index contributed by atoms with van der Waals surface area (Å²) in [4.78, 5) is 4.41. The highest BCUT2D eigenvalue weighted by Gasteiger charge is 2.45. The van der Waals surface area contributed by atoms with Gasteiger partial charge in [-0.1, -0.05) is 12.1 Å². The number of hydrogen-bond donors (Lipinski definition) is 1. The number of likely N-dealkylation sites (N-methyl/N-ethyl adjacent to an activating group) is 1. The zero-order valence-electron chi connectivity index (χ0n) is 20.1. The van der Waals surface area contributed by atoms with Crippen LogP contribution in [0.1, 0.15) is 32.6 Å². The maximum Gasteiger partial charge on any atom is 0.573 e. The van der Waals surface area contributed by atoms with Gasteiger partial charge in [-0.15, -0.1) is 28.5 Å². The van der Waals surface area contributed by atoms with Crippen LogP contribution in [0.4, 0.5) is 24.7 Å². The summed E-state index contributed by atoms with van der Waals surface area (Å²) in [5.41, 5.74) is 8.09. The molecule has 1 aromatic carbocycles. The fourth-order valence-corrected chi connectivity index (χ4v) is 5.73. The number of ether oxygens (including phenoxy) is 2. The van der Waals surface area contributed by atoms with Crippen molar-refractivity contribution in [1.82, 2.24) is 19.8 Å². The number of piperidine rings is 1. The predicted molar refractivity (Wildman–Crippen MR) is 127 cm³/mol. The minimum Gasteiger partial charge on any atom is -0.485 e. The Bertz CT molecular complexity index is 1290. The number of fused-ring (bicyclic) bond motifs is 3. The summed E-state index contributed by atoms with van der Waals surface area (Å²) in [6.45, 7) is 4.23. The molecule has 1 saturated heterocycles. The molecule has 2 aliphatic heterocycles. The van der Waals surface area contributed by atoms with Crippen molar-refractivity contribution in [2.24, 2.45) is 11.1 Å². The lowest BCUT2D eigenvalue weighted by atomic mass is 9.61. The van der Waals surface area contributed by atoms with Crippen LogP contribution in [0.2, 0.25) is 0 Å². The van der Waals surface area contributed by atoms with Gasteiger partial charge in [0.25, 0.3) is 0 Å². The van der Waals surface area contributed by atoms with E-state index in [-0.39, 0.29) is 11.8 Å². The first-order chi connectivity index (χ1) is 17.1. The summed E-state index contributed by atoms with van der Waals surface area (Å²) < 4.78 is 50.2. The fraction of sp³-hybridized carbons (Fsp3) is 0.542. The van der Waals surface area contributed by atoms with Crippen molar-refractivity contribution in [3.8, 4) is 22.9 Å². The monoisotopic (exact) mass is 503 g/mol. The highest BCUT2D eigenvalue weighted by atomic mass is 19.4. The van der Waals surface area contributed by atoms with Crippen LogP contribution >= 0.6 is 0 Å². The summed E-state index contributed by atoms with van der Waals surface area (Å²) in [7, 11) is 2.01. The van der Waals surface area contributed by atoms with E-state index in [0.717, 1.165) is 50.3 Å². The Kier molecular flexibility index (Phi) is 5.22. The van der Waals surface area contributed by atoms with E-state index in [0.29, 0.717) is 40.8 Å². The number of rotatable bonds is 3. The summed E-state index contributed by atoms with van der Waals surface area (Å²) >= 11 is 0. The van der Waals surface area contributed by atoms with E-state index in [1.807, 2.05) is 7.05 Å². The van der Waals surface area contributed by atoms with Crippen LogP contribution < -0.4 is 25.0 Å². The largest absolute Gasteiger partial charge is 0.573 e. The number of halogens is 3. The second-order valence-corrected chi connectivity index (χ2v) is 10.3. The number of nitrogens with zero attached hydrogens (tertiary/aromatic N) is 6. The number of nitrogens with two attached hydrogens (primary N) is 1. The molecule has 12 heteroatoms. The third kappa shape index (κ3) is 3.87. The van der Waals surface area contributed by atoms with Crippen LogP contribution in [0.5, 0.6) is 11.5 Å². The average molecular weight is 504 g/mol. The third-order valence-electron chi connectivity index (χ3n) is 7.79. The first kappa shape index (κ1) is 23.1. The van der Waals surface area contributed by atoms with Gasteiger partial charge in [-0.05, 0) is 50.2 Å². The lowest BCUT2D eigenvalue weighted by molar-refractivity contribution is -0.274. The maximum absolute atomic E-state index is 12.8. The molecule has 0 radical (unpaired) electrons. The van der Waals surface area contributed by atoms with Gasteiger partial charge in [0, 0.05) is 31.7 Å². The minimum atomic E-state index is -4.79. The molecule has 36 heavy (non-hydrogen) atoms. The molecule has 1 atom stereocenters. The molecular weight excluding hydrogens is 475 g/mol. The number of alkyl halides is 3. The average Bonchev–Trinajstić information content (AvgIpc) is 3.24. The summed E-state index contributed by atoms with van der Waals surface area (Å²) in [6, 6.07) is 6.10. The van der Waals surface area contributed by atoms with Crippen molar-refractivity contribution in [2.45, 2.75) is 51.1 Å². The predicted octanol–water partition coefficient (Wildman–Crippen LogP) is 3.61. The summed E-state index contributed by atoms with van der Waals surface area (Å²) in [5, 5.41) is 13.5. The van der Waals surface area contributed by atoms with E-state index in [1.54, 1.807) is 10.6 Å². The van der Waals surface area contributed by atoms with Gasteiger partial charge in [-0.25, -0.2) is 0 Å². The molecule has 1 spiro atoms. The topological polar surface area (TPSA) is 94.0 Å². The molecule has 3 aromatic rings. The van der Waals surface area contributed by atoms with Crippen molar-refractivity contribution >= 4 is 17.2 Å². The molecule has 2 N–H and O–H groups in total. The Hall–Kier alpha value is -3.28. The number of anilines is 2. The van der Waals surface area contributed by atoms with E-state index in [9.17, 15) is 13.2 Å². The van der Waals surface area contributed by atoms with Crippen LogP contribution in [-0.2, 0) is 0 Å². The van der Waals surface area contributed by atoms with Crippen molar-refractivity contribution in [2.75, 3.05) is 36.5 Å². The Morgan fingerprint density at radius 2 is 1.92 bits per heavy atom. The van der Waals surface area contributed by atoms with Gasteiger partial charge in [-0.3, -0.25) is 0 Å². The molecule has 1 saturated carbocycles. The molecule has 1 aliphatic carbocycles. The minimum absolute atomic E-state index is 0.139. The maximum atomic E-state index is 12.8. The lowest BCUT2D eigenvalue weighted by Gasteiger charge is -2.51. The molecule has 192 valence electrons. The van der Waals surface area contributed by atoms with Gasteiger partial charge in [0.05, 0.1) is 6.04 Å². The number of benzene rings is 1. The number of aromatic nitrogens is 4. The Morgan fingerprint density at radius 1 is 1.17 bits per heavy atom. The van der Waals surface area contributed by atoms with E-state index in [4.69, 9.17) is 15.6 Å². The van der Waals surface area contributed by atoms with Gasteiger partial charge in [0.15, 0.2) is 17.4 Å². The van der Waals surface area contributed by atoms with Gasteiger partial charge >= 0.3 is 6.36 Å². The standard InChI is InChI=1S/C24H28F3N7O2/c1-14-13-35-19-18(32(14)2)21(33-8-6-23(7-9-33)11-16(28)12-23)31-34-20(29-30-22(19)34)15-4-3-5-17(10-15)36-24(25,26)27/h3-5,10,14,16H,6-9,11-13,28H2,1-2H3/t14-/m0/s1. The molecule has 2 aromatic heterocycles. The Balaban J connectivity index is 1.43. The van der Waals surface area contributed by atoms with E-state index in [2.05, 4.69) is 31.7 Å². The quantitative estimate of drug-likeness (QED) is 0.580. The zero-order chi connectivity index (χ0) is 25.2. The molecule has 4 heterocycles. The molecule has 9 nitrogen and oxygen atoms in total. The third-order valence-corrected chi connectivity index (χ3v) is 7.79. The van der Waals surface area contributed by atoms with Crippen LogP contribution in [0.3, 0.4) is 0 Å². The zero-order valence-corrected chi connectivity index (χ0v) is 20.1. The first-order valence-electron chi connectivity index (χ1n) is 12.1. The van der Waals surface area contributed by atoms with Crippen LogP contribution in [0.15, 0.2) is 24.3 Å². The van der Waals surface area contributed by atoms with Crippen LogP contribution in [0, 0.1) is 5.41 Å². The van der Waals surface area contributed by atoms with Crippen molar-refractivity contribution in [1.29, 1.82) is 0 Å². The van der Waals surface area contributed by atoms with Crippen molar-refractivity contribution in [3.05, 3.63) is 24.3 Å². The second-order valence-electron chi connectivity index (χ2n) is 10.3. The molecule has 0 unspecified atom stereocenters. The molecule has 3 aliphatic rings. The first-order valence-corrected chi connectivity index (χ1v) is 12.1. The van der Waals surface area contributed by atoms with Gasteiger partial charge < -0.3 is 25.0 Å². The Morgan fingerprint density at radius 3 is 2.61 bits per heavy atom. The van der Waals surface area contributed by atoms with E-state index in [1.165, 1.54) is 18.2 Å². The molecule has 0 bridgehead atoms. The fourth-order valence-electron chi connectivity index (χ4n) is 5.73. The summed E-state index contributed by atoms with van der Waals surface area (Å²) in [6.07, 6.45) is -0.571. The van der Waals surface area contributed by atoms with E-state index < -0.39 is 6.36 Å². The van der Waals surface area contributed by atoms with Crippen LogP contribution in [-0.4, -0.2) is 65.0 Å². The normalized spacial score (nSPS) is 21.9. The van der Waals surface area contributed by atoms with Gasteiger partial charge in [0.2, 0.25) is 5.65 Å². The SMILES string of the molecule is C[C@H]1COc2c(c(N3CCC4(CC3)CC(N)C4)nn3c(-c4cccc(OC(F)(F)F)c4)nnc23)N1C. The van der Waals surface area contributed by atoms with E-state index >= 15 is 0 Å². The molecule has 6 rings (SSSR count). The summed E-state index contributed by atoms with van der Waals surface area (Å²) in [5.74, 6) is 1.31. The van der Waals surface area contributed by atoms with Gasteiger partial charge in [0.1, 0.15) is 18.0 Å². The highest BCUT2D eigenvalue weighted by molar-refractivity contribution is 5.83. The van der Waals surface area contributed by atoms with Crippen molar-refractivity contribution in [3.63, 3.8) is 0 Å². The van der Waals surface area contributed by atoms with Gasteiger partial charge in [-0.2, -0.15) is 4.52 Å². The highest BCUT2D eigenvalue weighted by Crippen LogP contribution is 2.50. The second kappa shape index (κ2) is 8.12. The Labute approximate surface area is 206 Å². The molecular formula is C24H28F3N7O2. The number of hydrogen-bond acceptors (Lipinski definition) is 8. The smallest absolute Gasteiger partial charge is 0.485 e. The molecule has 2 fully saturated rings. The van der Waals surface area contributed by atoms with Crippen molar-refractivity contribution < 1.29 is 22.6 Å². The molecule has 0 amide bonds.